The molecule has 2 saturated carbocycles. The smallest absolute Gasteiger partial charge is 0.302 e. The first-order chi connectivity index (χ1) is 21.2. The predicted molar refractivity (Wildman–Crippen MR) is 171 cm³/mol. The second-order valence-electron chi connectivity index (χ2n) is 17.5. The van der Waals surface area contributed by atoms with Crippen LogP contribution in [0.3, 0.4) is 0 Å². The van der Waals surface area contributed by atoms with Crippen molar-refractivity contribution in [2.45, 2.75) is 156 Å². The molecule has 1 heterocycles. The van der Waals surface area contributed by atoms with E-state index in [1.807, 2.05) is 0 Å². The highest BCUT2D eigenvalue weighted by Crippen LogP contribution is 2.75. The molecule has 0 aromatic rings. The van der Waals surface area contributed by atoms with Crippen molar-refractivity contribution in [1.29, 1.82) is 0 Å². The van der Waals surface area contributed by atoms with Gasteiger partial charge in [0.25, 0.3) is 0 Å². The van der Waals surface area contributed by atoms with Crippen LogP contribution in [0.1, 0.15) is 107 Å². The Morgan fingerprint density at radius 1 is 0.870 bits per heavy atom. The van der Waals surface area contributed by atoms with Gasteiger partial charge in [-0.25, -0.2) is 0 Å². The van der Waals surface area contributed by atoms with E-state index in [-0.39, 0.29) is 33.5 Å². The van der Waals surface area contributed by atoms with Crippen LogP contribution in [0.25, 0.3) is 0 Å². The zero-order chi connectivity index (χ0) is 33.9. The second kappa shape index (κ2) is 11.1. The summed E-state index contributed by atoms with van der Waals surface area (Å²) < 4.78 is 17.8. The van der Waals surface area contributed by atoms with Crippen molar-refractivity contribution in [3.8, 4) is 0 Å². The fraction of sp³-hybridized carbons (Fsp3) is 0.865. The monoisotopic (exact) mass is 646 g/mol. The van der Waals surface area contributed by atoms with Crippen LogP contribution in [0.4, 0.5) is 0 Å². The number of rotatable bonds is 4. The fourth-order valence-corrected chi connectivity index (χ4v) is 12.3. The number of aliphatic hydroxyl groups is 5. The lowest BCUT2D eigenvalue weighted by Crippen LogP contribution is -2.64. The molecule has 46 heavy (non-hydrogen) atoms. The molecule has 0 amide bonds. The summed E-state index contributed by atoms with van der Waals surface area (Å²) in [6.07, 6.45) is -1.09. The van der Waals surface area contributed by atoms with E-state index in [0.717, 1.165) is 38.5 Å². The molecule has 6 rings (SSSR count). The standard InChI is InChI=1S/C37H58O9/c1-18(2)26-22(39)16-25-34(26,6)14-15-36(8)21-10-11-24-33(4,5)30(45-32-29(42)27(40)28(41)31(43)46-32)23(44-19(3)38)17-35(24,7)20(21)12-13-37(25,36)9/h16,18,22-24,26-32,39-43H,10-15,17H2,1-9H3/t22?,23?,24?,26?,27-,28-,29+,30?,31-,32+,34?,35?,36?,37?/m0/s1. The summed E-state index contributed by atoms with van der Waals surface area (Å²) in [6, 6.07) is 0. The molecule has 0 aromatic heterocycles. The molecule has 5 N–H and O–H groups in total. The largest absolute Gasteiger partial charge is 0.460 e. The van der Waals surface area contributed by atoms with Gasteiger partial charge in [-0.2, -0.15) is 0 Å². The molecule has 0 spiro atoms. The predicted octanol–water partition coefficient (Wildman–Crippen LogP) is 4.38. The van der Waals surface area contributed by atoms with E-state index in [1.165, 1.54) is 18.1 Å². The van der Waals surface area contributed by atoms with Gasteiger partial charge in [-0.3, -0.25) is 4.79 Å². The van der Waals surface area contributed by atoms with Crippen LogP contribution in [0.5, 0.6) is 0 Å². The van der Waals surface area contributed by atoms with Crippen LogP contribution >= 0.6 is 0 Å². The number of esters is 1. The van der Waals surface area contributed by atoms with E-state index in [9.17, 15) is 30.3 Å². The molecule has 5 aliphatic carbocycles. The van der Waals surface area contributed by atoms with Crippen molar-refractivity contribution < 1.29 is 44.5 Å². The zero-order valence-electron chi connectivity index (χ0n) is 29.2. The highest BCUT2D eigenvalue weighted by atomic mass is 16.8. The van der Waals surface area contributed by atoms with Crippen molar-refractivity contribution >= 4 is 5.97 Å². The van der Waals surface area contributed by atoms with Gasteiger partial charge in [0.1, 0.15) is 30.5 Å². The molecule has 9 nitrogen and oxygen atoms in total. The maximum atomic E-state index is 12.5. The van der Waals surface area contributed by atoms with Gasteiger partial charge in [-0.1, -0.05) is 78.2 Å². The summed E-state index contributed by atoms with van der Waals surface area (Å²) >= 11 is 0. The molecule has 0 bridgehead atoms. The van der Waals surface area contributed by atoms with Crippen LogP contribution < -0.4 is 0 Å². The molecule has 6 aliphatic rings. The van der Waals surface area contributed by atoms with Crippen LogP contribution in [-0.4, -0.2) is 80.7 Å². The number of fused-ring (bicyclic) bond motifs is 6. The van der Waals surface area contributed by atoms with Gasteiger partial charge >= 0.3 is 5.97 Å². The molecule has 1 saturated heterocycles. The summed E-state index contributed by atoms with van der Waals surface area (Å²) in [5.41, 5.74) is 3.55. The van der Waals surface area contributed by atoms with Crippen molar-refractivity contribution in [3.05, 3.63) is 22.8 Å². The molecular weight excluding hydrogens is 588 g/mol. The molecule has 0 aromatic carbocycles. The number of hydrogen-bond acceptors (Lipinski definition) is 9. The third kappa shape index (κ3) is 4.62. The maximum Gasteiger partial charge on any atom is 0.302 e. The Labute approximate surface area is 274 Å². The van der Waals surface area contributed by atoms with Crippen LogP contribution in [-0.2, 0) is 19.0 Å². The molecule has 14 atom stereocenters. The highest BCUT2D eigenvalue weighted by molar-refractivity contribution is 5.66. The van der Waals surface area contributed by atoms with Gasteiger partial charge in [0.05, 0.1) is 6.10 Å². The van der Waals surface area contributed by atoms with Crippen LogP contribution in [0.15, 0.2) is 22.8 Å². The number of allylic oxidation sites excluding steroid dienone is 3. The summed E-state index contributed by atoms with van der Waals surface area (Å²) in [5.74, 6) is 0.355. The lowest BCUT2D eigenvalue weighted by Gasteiger charge is -2.66. The van der Waals surface area contributed by atoms with Crippen molar-refractivity contribution in [2.24, 2.45) is 44.8 Å². The van der Waals surface area contributed by atoms with Gasteiger partial charge < -0.3 is 39.7 Å². The fourth-order valence-electron chi connectivity index (χ4n) is 12.3. The molecule has 260 valence electrons. The number of hydrogen-bond donors (Lipinski definition) is 5. The van der Waals surface area contributed by atoms with E-state index < -0.39 is 60.6 Å². The highest BCUT2D eigenvalue weighted by Gasteiger charge is 2.67. The number of carbonyl (C=O) groups excluding carboxylic acids is 1. The average Bonchev–Trinajstić information content (AvgIpc) is 3.23. The Morgan fingerprint density at radius 3 is 2.17 bits per heavy atom. The molecule has 9 heteroatoms. The first kappa shape index (κ1) is 34.5. The third-order valence-corrected chi connectivity index (χ3v) is 14.5. The Hall–Kier alpha value is -1.33. The first-order valence-electron chi connectivity index (χ1n) is 17.6. The lowest BCUT2D eigenvalue weighted by molar-refractivity contribution is -0.364. The maximum absolute atomic E-state index is 12.5. The summed E-state index contributed by atoms with van der Waals surface area (Å²) in [6.45, 7) is 19.8. The average molecular weight is 647 g/mol. The minimum atomic E-state index is -1.73. The Bertz CT molecular complexity index is 1310. The molecular formula is C37H58O9. The Kier molecular flexibility index (Phi) is 8.33. The van der Waals surface area contributed by atoms with Crippen LogP contribution in [0.2, 0.25) is 0 Å². The number of ether oxygens (including phenoxy) is 3. The summed E-state index contributed by atoms with van der Waals surface area (Å²) in [7, 11) is 0. The Morgan fingerprint density at radius 2 is 1.54 bits per heavy atom. The molecule has 9 unspecified atom stereocenters. The normalized spacial score (nSPS) is 51.5. The molecule has 0 radical (unpaired) electrons. The van der Waals surface area contributed by atoms with Gasteiger partial charge in [0.15, 0.2) is 12.6 Å². The SMILES string of the molecule is CC(=O)OC1CC2(C)C3=C(CCC2C(C)(C)C1O[C@@H]1O[C@H](O)[C@@H](O)[C@H](O)[C@H]1O)C1(C)CCC2(C)C(=CC(O)C2C(C)C)C1(C)CC3. The van der Waals surface area contributed by atoms with E-state index in [0.29, 0.717) is 12.3 Å². The summed E-state index contributed by atoms with van der Waals surface area (Å²) in [4.78, 5) is 12.5. The number of aliphatic hydroxyl groups excluding tert-OH is 5. The van der Waals surface area contributed by atoms with E-state index >= 15 is 0 Å². The summed E-state index contributed by atoms with van der Waals surface area (Å²) in [5, 5.41) is 52.6. The van der Waals surface area contributed by atoms with Gasteiger partial charge in [-0.05, 0) is 89.8 Å². The van der Waals surface area contributed by atoms with Gasteiger partial charge in [0.2, 0.25) is 0 Å². The van der Waals surface area contributed by atoms with Crippen molar-refractivity contribution in [2.75, 3.05) is 0 Å². The lowest BCUT2D eigenvalue weighted by atomic mass is 9.38. The topological polar surface area (TPSA) is 146 Å². The minimum absolute atomic E-state index is 0.0121. The third-order valence-electron chi connectivity index (χ3n) is 14.5. The number of carbonyl (C=O) groups is 1. The Balaban J connectivity index is 1.37. The van der Waals surface area contributed by atoms with Crippen molar-refractivity contribution in [1.82, 2.24) is 0 Å². The van der Waals surface area contributed by atoms with E-state index in [4.69, 9.17) is 14.2 Å². The first-order valence-corrected chi connectivity index (χ1v) is 17.6. The quantitative estimate of drug-likeness (QED) is 0.222. The van der Waals surface area contributed by atoms with Crippen molar-refractivity contribution in [3.63, 3.8) is 0 Å². The second-order valence-corrected chi connectivity index (χ2v) is 17.5. The van der Waals surface area contributed by atoms with Crippen LogP contribution in [0, 0.1) is 44.8 Å². The van der Waals surface area contributed by atoms with E-state index in [2.05, 4.69) is 61.5 Å². The zero-order valence-corrected chi connectivity index (χ0v) is 29.2. The van der Waals surface area contributed by atoms with Gasteiger partial charge in [0, 0.05) is 6.92 Å². The molecule has 1 aliphatic heterocycles. The van der Waals surface area contributed by atoms with E-state index in [1.54, 1.807) is 5.57 Å². The minimum Gasteiger partial charge on any atom is -0.460 e. The molecule has 3 fully saturated rings. The van der Waals surface area contributed by atoms with Gasteiger partial charge in [-0.15, -0.1) is 0 Å².